The quantitative estimate of drug-likeness (QED) is 0.399. The molecule has 0 aromatic heterocycles. The average molecular weight is 118 g/mol. The zero-order valence-electron chi connectivity index (χ0n) is 3.60. The molecule has 0 atom stereocenters. The summed E-state index contributed by atoms with van der Waals surface area (Å²) >= 11 is 0. The Kier molecular flexibility index (Phi) is 80.8. The van der Waals surface area contributed by atoms with E-state index in [-0.39, 0.29) is 58.0 Å². The van der Waals surface area contributed by atoms with Crippen LogP contribution >= 0.6 is 0 Å². The normalized spacial score (nSPS) is 4.00. The van der Waals surface area contributed by atoms with E-state index in [1.54, 1.807) is 6.92 Å². The van der Waals surface area contributed by atoms with Crippen LogP contribution in [0.5, 0.6) is 0 Å². The van der Waals surface area contributed by atoms with E-state index in [0.29, 0.717) is 0 Å². The van der Waals surface area contributed by atoms with Crippen molar-refractivity contribution in [3.8, 4) is 0 Å². The topological polar surface area (TPSA) is 40.5 Å². The summed E-state index contributed by atoms with van der Waals surface area (Å²) in [6, 6.07) is 0. The molecule has 0 aromatic rings. The molecule has 0 aliphatic rings. The fourth-order valence-corrected chi connectivity index (χ4v) is 0. The summed E-state index contributed by atoms with van der Waals surface area (Å²) < 4.78 is 0. The molecule has 0 aliphatic heterocycles. The van der Waals surface area contributed by atoms with Crippen LogP contribution in [0.15, 0.2) is 0 Å². The molecule has 0 bridgehead atoms. The summed E-state index contributed by atoms with van der Waals surface area (Å²) in [4.78, 5) is 0. The van der Waals surface area contributed by atoms with Gasteiger partial charge in [-0.1, -0.05) is 0 Å². The molecule has 0 amide bonds. The predicted octanol–water partition coefficient (Wildman–Crippen LogP) is -1.04. The first-order chi connectivity index (χ1) is 2.41. The first-order valence-electron chi connectivity index (χ1n) is 1.47. The second-order valence-electron chi connectivity index (χ2n) is 0.316. The molecule has 0 spiro atoms. The third-order valence-electron chi connectivity index (χ3n) is 0. The van der Waals surface area contributed by atoms with E-state index in [1.165, 1.54) is 0 Å². The van der Waals surface area contributed by atoms with E-state index in [4.69, 9.17) is 10.2 Å². The molecule has 36 valence electrons. The molecule has 0 radical (unpaired) electrons. The molecule has 2 N–H and O–H groups in total. The van der Waals surface area contributed by atoms with Gasteiger partial charge in [-0.3, -0.25) is 0 Å². The van der Waals surface area contributed by atoms with Crippen molar-refractivity contribution in [2.24, 2.45) is 0 Å². The zero-order valence-corrected chi connectivity index (χ0v) is 3.60. The Labute approximate surface area is 81.0 Å². The fraction of sp³-hybridized carbons (Fsp3) is 1.00. The minimum absolute atomic E-state index is 0. The van der Waals surface area contributed by atoms with Crippen LogP contribution in [0.4, 0.5) is 0 Å². The van der Waals surface area contributed by atoms with E-state index in [1.807, 2.05) is 0 Å². The Morgan fingerprint density at radius 1 is 1.33 bits per heavy atom. The summed E-state index contributed by atoms with van der Waals surface area (Å²) in [6.45, 7) is 1.93. The number of aliphatic hydroxyl groups is 2. The molecule has 0 unspecified atom stereocenters. The molecule has 0 fully saturated rings. The van der Waals surface area contributed by atoms with Crippen LogP contribution in [0.25, 0.3) is 0 Å². The third-order valence-corrected chi connectivity index (χ3v) is 0. The Morgan fingerprint density at radius 2 is 1.33 bits per heavy atom. The van der Waals surface area contributed by atoms with Gasteiger partial charge in [0.2, 0.25) is 0 Å². The van der Waals surface area contributed by atoms with Gasteiger partial charge >= 0.3 is 51.4 Å². The van der Waals surface area contributed by atoms with Crippen molar-refractivity contribution < 1.29 is 10.2 Å². The van der Waals surface area contributed by atoms with Crippen LogP contribution < -0.4 is 0 Å². The molecule has 0 saturated carbocycles. The van der Waals surface area contributed by atoms with Crippen LogP contribution in [-0.4, -0.2) is 75.3 Å². The summed E-state index contributed by atoms with van der Waals surface area (Å²) in [5, 5.41) is 14.6. The first-order valence-corrected chi connectivity index (χ1v) is 1.47. The maximum atomic E-state index is 7.57. The van der Waals surface area contributed by atoms with Gasteiger partial charge < -0.3 is 10.2 Å². The van der Waals surface area contributed by atoms with Crippen LogP contribution in [0, 0.1) is 0 Å². The van der Waals surface area contributed by atoms with Crippen LogP contribution in [0.1, 0.15) is 6.92 Å². The SMILES string of the molecule is CCO.CO.[KH]. The van der Waals surface area contributed by atoms with Crippen molar-refractivity contribution in [3.05, 3.63) is 0 Å². The summed E-state index contributed by atoms with van der Waals surface area (Å²) in [6.07, 6.45) is 0. The third kappa shape index (κ3) is 47.6. The van der Waals surface area contributed by atoms with E-state index >= 15 is 0 Å². The Morgan fingerprint density at radius 3 is 1.33 bits per heavy atom. The molecule has 0 saturated heterocycles. The molecule has 0 aliphatic carbocycles. The zero-order chi connectivity index (χ0) is 4.71. The maximum absolute atomic E-state index is 7.57. The minimum atomic E-state index is 0. The van der Waals surface area contributed by atoms with Gasteiger partial charge in [0.05, 0.1) is 0 Å². The van der Waals surface area contributed by atoms with Crippen LogP contribution in [-0.2, 0) is 0 Å². The van der Waals surface area contributed by atoms with E-state index < -0.39 is 0 Å². The second kappa shape index (κ2) is 31.0. The Hall–Kier alpha value is 1.56. The standard InChI is InChI=1S/C2H6O.CH4O.K.H/c1-2-3;1-2;;/h3H,2H2,1H3;2H,1H3;;. The van der Waals surface area contributed by atoms with Gasteiger partial charge in [-0.2, -0.15) is 0 Å². The van der Waals surface area contributed by atoms with E-state index in [2.05, 4.69) is 0 Å². The van der Waals surface area contributed by atoms with Gasteiger partial charge in [-0.25, -0.2) is 0 Å². The number of hydrogen-bond donors (Lipinski definition) is 2. The number of aliphatic hydroxyl groups excluding tert-OH is 2. The Balaban J connectivity index is -0.0000000275. The number of rotatable bonds is 0. The van der Waals surface area contributed by atoms with Gasteiger partial charge in [-0.05, 0) is 6.92 Å². The van der Waals surface area contributed by atoms with Gasteiger partial charge in [0.25, 0.3) is 0 Å². The van der Waals surface area contributed by atoms with Crippen LogP contribution in [0.2, 0.25) is 0 Å². The fourth-order valence-electron chi connectivity index (χ4n) is 0. The predicted molar refractivity (Wildman–Crippen MR) is 28.1 cm³/mol. The first kappa shape index (κ1) is 15.6. The van der Waals surface area contributed by atoms with Gasteiger partial charge in [0.15, 0.2) is 0 Å². The molecular formula is C3H11KO2. The van der Waals surface area contributed by atoms with Crippen molar-refractivity contribution in [3.63, 3.8) is 0 Å². The summed E-state index contributed by atoms with van der Waals surface area (Å²) in [5.41, 5.74) is 0. The van der Waals surface area contributed by atoms with E-state index in [0.717, 1.165) is 7.11 Å². The van der Waals surface area contributed by atoms with Gasteiger partial charge in [0.1, 0.15) is 0 Å². The monoisotopic (exact) mass is 118 g/mol. The van der Waals surface area contributed by atoms with Gasteiger partial charge in [-0.15, -0.1) is 0 Å². The number of hydrogen-bond acceptors (Lipinski definition) is 2. The molecule has 0 aromatic carbocycles. The van der Waals surface area contributed by atoms with Crippen LogP contribution in [0.3, 0.4) is 0 Å². The van der Waals surface area contributed by atoms with E-state index in [9.17, 15) is 0 Å². The Bertz CT molecular complexity index is 8.75. The average Bonchev–Trinajstić information content (AvgIpc) is 1.46. The molecule has 2 nitrogen and oxygen atoms in total. The molecule has 0 heterocycles. The molecule has 6 heavy (non-hydrogen) atoms. The van der Waals surface area contributed by atoms with Crippen molar-refractivity contribution in [1.82, 2.24) is 0 Å². The summed E-state index contributed by atoms with van der Waals surface area (Å²) in [5.74, 6) is 0. The molecule has 3 heteroatoms. The second-order valence-corrected chi connectivity index (χ2v) is 0.316. The summed E-state index contributed by atoms with van der Waals surface area (Å²) in [7, 11) is 1.00. The van der Waals surface area contributed by atoms with Gasteiger partial charge in [0, 0.05) is 13.7 Å². The van der Waals surface area contributed by atoms with Crippen molar-refractivity contribution in [2.45, 2.75) is 6.92 Å². The van der Waals surface area contributed by atoms with Crippen molar-refractivity contribution >= 4 is 51.4 Å². The molecule has 0 rings (SSSR count). The molecular weight excluding hydrogens is 107 g/mol. The van der Waals surface area contributed by atoms with Crippen molar-refractivity contribution in [2.75, 3.05) is 13.7 Å². The van der Waals surface area contributed by atoms with Crippen molar-refractivity contribution in [1.29, 1.82) is 0 Å².